The normalized spacial score (nSPS) is 23.4. The lowest BCUT2D eigenvalue weighted by atomic mass is 9.92. The first-order valence-electron chi connectivity index (χ1n) is 6.07. The van der Waals surface area contributed by atoms with Crippen molar-refractivity contribution in [3.63, 3.8) is 0 Å². The number of hydrogen-bond donors (Lipinski definition) is 2. The van der Waals surface area contributed by atoms with Crippen LogP contribution in [0.15, 0.2) is 24.3 Å². The summed E-state index contributed by atoms with van der Waals surface area (Å²) in [6.07, 6.45) is 2.38. The fourth-order valence-corrected chi connectivity index (χ4v) is 2.25. The van der Waals surface area contributed by atoms with Gasteiger partial charge in [-0.05, 0) is 43.5 Å². The van der Waals surface area contributed by atoms with Crippen molar-refractivity contribution in [2.75, 3.05) is 0 Å². The molecule has 1 aliphatic rings. The van der Waals surface area contributed by atoms with Gasteiger partial charge in [-0.1, -0.05) is 6.42 Å². The van der Waals surface area contributed by atoms with Gasteiger partial charge in [0, 0.05) is 0 Å². The Morgan fingerprint density at radius 1 is 1.28 bits per heavy atom. The Labute approximate surface area is 105 Å². The van der Waals surface area contributed by atoms with Crippen LogP contribution >= 0.6 is 0 Å². The highest BCUT2D eigenvalue weighted by molar-refractivity contribution is 5.65. The maximum Gasteiger partial charge on any atom is 0.405 e. The number of amides is 1. The van der Waals surface area contributed by atoms with E-state index in [1.807, 2.05) is 0 Å². The van der Waals surface area contributed by atoms with E-state index in [1.165, 1.54) is 12.1 Å². The summed E-state index contributed by atoms with van der Waals surface area (Å²) in [7, 11) is 0. The van der Waals surface area contributed by atoms with Gasteiger partial charge in [0.2, 0.25) is 0 Å². The van der Waals surface area contributed by atoms with Crippen LogP contribution in [0.4, 0.5) is 9.18 Å². The molecule has 1 aromatic rings. The van der Waals surface area contributed by atoms with Crippen molar-refractivity contribution in [2.24, 2.45) is 0 Å². The molecule has 1 amide bonds. The molecular weight excluding hydrogens is 237 g/mol. The molecule has 4 nitrogen and oxygen atoms in total. The Balaban J connectivity index is 2.00. The van der Waals surface area contributed by atoms with Crippen LogP contribution in [0.3, 0.4) is 0 Å². The summed E-state index contributed by atoms with van der Waals surface area (Å²) in [6.45, 7) is 0. The van der Waals surface area contributed by atoms with Crippen LogP contribution < -0.4 is 10.1 Å². The van der Waals surface area contributed by atoms with Crippen LogP contribution in [-0.2, 0) is 0 Å². The number of rotatable bonds is 3. The van der Waals surface area contributed by atoms with E-state index in [0.717, 1.165) is 25.7 Å². The molecule has 1 aliphatic carbocycles. The second-order valence-electron chi connectivity index (χ2n) is 4.45. The Morgan fingerprint density at radius 3 is 2.61 bits per heavy atom. The quantitative estimate of drug-likeness (QED) is 0.870. The van der Waals surface area contributed by atoms with Gasteiger partial charge in [0.1, 0.15) is 17.7 Å². The molecule has 0 bridgehead atoms. The minimum atomic E-state index is -1.03. The molecule has 0 radical (unpaired) electrons. The van der Waals surface area contributed by atoms with Crippen LogP contribution in [-0.4, -0.2) is 23.3 Å². The van der Waals surface area contributed by atoms with E-state index in [2.05, 4.69) is 5.32 Å². The third kappa shape index (κ3) is 3.35. The predicted molar refractivity (Wildman–Crippen MR) is 64.2 cm³/mol. The summed E-state index contributed by atoms with van der Waals surface area (Å²) >= 11 is 0. The molecule has 1 aromatic carbocycles. The van der Waals surface area contributed by atoms with Gasteiger partial charge in [-0.2, -0.15) is 0 Å². The zero-order valence-electron chi connectivity index (χ0n) is 9.93. The van der Waals surface area contributed by atoms with E-state index in [4.69, 9.17) is 9.84 Å². The second-order valence-corrected chi connectivity index (χ2v) is 4.45. The van der Waals surface area contributed by atoms with Crippen LogP contribution in [0.2, 0.25) is 0 Å². The van der Waals surface area contributed by atoms with Crippen molar-refractivity contribution < 1.29 is 19.0 Å². The van der Waals surface area contributed by atoms with Gasteiger partial charge in [0.05, 0.1) is 6.04 Å². The standard InChI is InChI=1S/C13H16FNO3/c14-9-5-7-10(8-6-9)18-12-4-2-1-3-11(12)15-13(16)17/h5-8,11-12,15H,1-4H2,(H,16,17). The van der Waals surface area contributed by atoms with Crippen molar-refractivity contribution in [3.05, 3.63) is 30.1 Å². The molecule has 0 spiro atoms. The molecule has 2 unspecified atom stereocenters. The minimum Gasteiger partial charge on any atom is -0.488 e. The smallest absolute Gasteiger partial charge is 0.405 e. The van der Waals surface area contributed by atoms with Gasteiger partial charge in [0.15, 0.2) is 0 Å². The first-order chi connectivity index (χ1) is 8.65. The largest absolute Gasteiger partial charge is 0.488 e. The average Bonchev–Trinajstić information content (AvgIpc) is 2.34. The van der Waals surface area contributed by atoms with E-state index in [0.29, 0.717) is 5.75 Å². The second kappa shape index (κ2) is 5.71. The lowest BCUT2D eigenvalue weighted by Crippen LogP contribution is -2.47. The van der Waals surface area contributed by atoms with E-state index >= 15 is 0 Å². The number of hydrogen-bond acceptors (Lipinski definition) is 2. The van der Waals surface area contributed by atoms with E-state index in [9.17, 15) is 9.18 Å². The molecule has 0 aromatic heterocycles. The molecule has 1 saturated carbocycles. The summed E-state index contributed by atoms with van der Waals surface area (Å²) in [5.41, 5.74) is 0. The molecular formula is C13H16FNO3. The lowest BCUT2D eigenvalue weighted by molar-refractivity contribution is 0.108. The van der Waals surface area contributed by atoms with Crippen molar-refractivity contribution >= 4 is 6.09 Å². The zero-order chi connectivity index (χ0) is 13.0. The predicted octanol–water partition coefficient (Wildman–Crippen LogP) is 2.78. The summed E-state index contributed by atoms with van der Waals surface area (Å²) in [5, 5.41) is 11.3. The number of carboxylic acid groups (broad SMARTS) is 1. The van der Waals surface area contributed by atoms with Gasteiger partial charge < -0.3 is 15.2 Å². The van der Waals surface area contributed by atoms with Crippen LogP contribution in [0.25, 0.3) is 0 Å². The topological polar surface area (TPSA) is 58.6 Å². The molecule has 2 N–H and O–H groups in total. The van der Waals surface area contributed by atoms with Crippen molar-refractivity contribution in [3.8, 4) is 5.75 Å². The van der Waals surface area contributed by atoms with Gasteiger partial charge in [0.25, 0.3) is 0 Å². The number of nitrogens with one attached hydrogen (secondary N) is 1. The van der Waals surface area contributed by atoms with E-state index < -0.39 is 6.09 Å². The fraction of sp³-hybridized carbons (Fsp3) is 0.462. The molecule has 0 heterocycles. The minimum absolute atomic E-state index is 0.180. The number of carbonyl (C=O) groups is 1. The maximum atomic E-state index is 12.8. The Hall–Kier alpha value is -1.78. The molecule has 18 heavy (non-hydrogen) atoms. The molecule has 5 heteroatoms. The molecule has 2 rings (SSSR count). The van der Waals surface area contributed by atoms with Crippen LogP contribution in [0, 0.1) is 5.82 Å². The molecule has 0 saturated heterocycles. The summed E-state index contributed by atoms with van der Waals surface area (Å²) in [4.78, 5) is 10.7. The van der Waals surface area contributed by atoms with Crippen LogP contribution in [0.5, 0.6) is 5.75 Å². The lowest BCUT2D eigenvalue weighted by Gasteiger charge is -2.31. The molecule has 0 aliphatic heterocycles. The van der Waals surface area contributed by atoms with Gasteiger partial charge in [-0.25, -0.2) is 9.18 Å². The molecule has 2 atom stereocenters. The van der Waals surface area contributed by atoms with Gasteiger partial charge in [-0.3, -0.25) is 0 Å². The Morgan fingerprint density at radius 2 is 1.94 bits per heavy atom. The fourth-order valence-electron chi connectivity index (χ4n) is 2.25. The summed E-state index contributed by atoms with van der Waals surface area (Å²) in [5.74, 6) is 0.256. The number of benzene rings is 1. The highest BCUT2D eigenvalue weighted by atomic mass is 19.1. The maximum absolute atomic E-state index is 12.8. The van der Waals surface area contributed by atoms with Crippen molar-refractivity contribution in [1.82, 2.24) is 5.32 Å². The SMILES string of the molecule is O=C(O)NC1CCCCC1Oc1ccc(F)cc1. The number of halogens is 1. The first kappa shape index (κ1) is 12.7. The van der Waals surface area contributed by atoms with Crippen LogP contribution in [0.1, 0.15) is 25.7 Å². The third-order valence-electron chi connectivity index (χ3n) is 3.11. The summed E-state index contributed by atoms with van der Waals surface area (Å²) in [6, 6.07) is 5.58. The molecule has 1 fully saturated rings. The monoisotopic (exact) mass is 253 g/mol. The van der Waals surface area contributed by atoms with Crippen molar-refractivity contribution in [2.45, 2.75) is 37.8 Å². The Kier molecular flexibility index (Phi) is 4.02. The highest BCUT2D eigenvalue weighted by Crippen LogP contribution is 2.24. The number of ether oxygens (including phenoxy) is 1. The van der Waals surface area contributed by atoms with Crippen molar-refractivity contribution in [1.29, 1.82) is 0 Å². The summed E-state index contributed by atoms with van der Waals surface area (Å²) < 4.78 is 18.5. The highest BCUT2D eigenvalue weighted by Gasteiger charge is 2.28. The average molecular weight is 253 g/mol. The van der Waals surface area contributed by atoms with Gasteiger partial charge in [-0.15, -0.1) is 0 Å². The van der Waals surface area contributed by atoms with E-state index in [1.54, 1.807) is 12.1 Å². The molecule has 98 valence electrons. The third-order valence-corrected chi connectivity index (χ3v) is 3.11. The first-order valence-corrected chi connectivity index (χ1v) is 6.07. The van der Waals surface area contributed by atoms with E-state index in [-0.39, 0.29) is 18.0 Å². The Bertz CT molecular complexity index is 407. The van der Waals surface area contributed by atoms with Gasteiger partial charge >= 0.3 is 6.09 Å². The zero-order valence-corrected chi connectivity index (χ0v) is 9.93.